The number of esters is 2. The summed E-state index contributed by atoms with van der Waals surface area (Å²) in [6, 6.07) is 5.53. The fourth-order valence-electron chi connectivity index (χ4n) is 5.51. The Hall–Kier alpha value is -8.01. The van der Waals surface area contributed by atoms with E-state index in [9.17, 15) is 48.0 Å². The van der Waals surface area contributed by atoms with Gasteiger partial charge in [0, 0.05) is 23.1 Å². The Morgan fingerprint density at radius 1 is 0.984 bits per heavy atom. The number of nitrogens with zero attached hydrogens (tertiary/aromatic N) is 2. The number of aryl methyl sites for hydroxylation is 1. The molecule has 28 heteroatoms. The van der Waals surface area contributed by atoms with E-state index in [1.807, 2.05) is 0 Å². The summed E-state index contributed by atoms with van der Waals surface area (Å²) in [5, 5.41) is 29.0. The summed E-state index contributed by atoms with van der Waals surface area (Å²) < 4.78 is 44.1. The summed E-state index contributed by atoms with van der Waals surface area (Å²) >= 11 is 2.23. The van der Waals surface area contributed by atoms with Gasteiger partial charge in [-0.3, -0.25) is 42.9 Å². The Morgan fingerprint density at radius 3 is 2.38 bits per heavy atom. The molecule has 352 valence electrons. The summed E-state index contributed by atoms with van der Waals surface area (Å²) in [4.78, 5) is 106. The molecule has 23 nitrogen and oxygen atoms in total. The van der Waals surface area contributed by atoms with Gasteiger partial charge in [-0.25, -0.2) is 18.9 Å². The number of nitrogens with one attached hydrogen (secondary N) is 2. The van der Waals surface area contributed by atoms with Crippen LogP contribution in [0.15, 0.2) is 40.0 Å². The van der Waals surface area contributed by atoms with E-state index >= 15 is 0 Å². The summed E-state index contributed by atoms with van der Waals surface area (Å²) in [7, 11) is -4.16. The molecule has 2 atom stereocenters. The van der Waals surface area contributed by atoms with Gasteiger partial charge in [-0.15, -0.1) is 23.1 Å². The smallest absolute Gasteiger partial charge is 0.481 e. The molecule has 0 spiro atoms. The molecule has 2 aliphatic rings. The van der Waals surface area contributed by atoms with Crippen LogP contribution in [-0.2, 0) is 60.0 Å². The van der Waals surface area contributed by atoms with E-state index in [1.165, 1.54) is 24.3 Å². The first-order valence-electron chi connectivity index (χ1n) is 18.1. The number of phosphoric acid groups is 1. The molecule has 2 aliphatic heterocycles. The van der Waals surface area contributed by atoms with E-state index in [1.54, 1.807) is 6.07 Å². The average Bonchev–Trinajstić information content (AvgIpc) is 3.69. The first-order chi connectivity index (χ1) is 29.0. The van der Waals surface area contributed by atoms with Gasteiger partial charge in [-0.2, -0.15) is 4.98 Å². The van der Waals surface area contributed by atoms with E-state index in [0.717, 1.165) is 32.9 Å². The van der Waals surface area contributed by atoms with Crippen molar-refractivity contribution in [2.45, 2.75) is 67.7 Å². The first kappa shape index (κ1) is 49.4. The normalized spacial score (nSPS) is 15.5. The van der Waals surface area contributed by atoms with Crippen molar-refractivity contribution in [2.24, 2.45) is 0 Å². The Morgan fingerprint density at radius 2 is 1.70 bits per heavy atom. The van der Waals surface area contributed by atoms with E-state index in [-0.39, 0.29) is 64.6 Å². The second-order valence-corrected chi connectivity index (χ2v) is 17.0. The number of nitrogens with two attached hydrogens (primary N) is 1. The quantitative estimate of drug-likeness (QED) is 0.0570. The number of phosphoric ester groups is 1. The zero-order valence-electron chi connectivity index (χ0n) is 32.3. The summed E-state index contributed by atoms with van der Waals surface area (Å²) in [6.45, 7) is -1.30. The maximum Gasteiger partial charge on any atom is 0.530 e. The van der Waals surface area contributed by atoms with Crippen molar-refractivity contribution in [2.75, 3.05) is 37.2 Å². The van der Waals surface area contributed by atoms with Crippen molar-refractivity contribution < 1.29 is 81.2 Å². The van der Waals surface area contributed by atoms with Gasteiger partial charge in [0.1, 0.15) is 28.9 Å². The van der Waals surface area contributed by atoms with E-state index in [0.29, 0.717) is 19.3 Å². The van der Waals surface area contributed by atoms with Gasteiger partial charge in [0.05, 0.1) is 30.9 Å². The third kappa shape index (κ3) is 13.8. The third-order valence-electron chi connectivity index (χ3n) is 8.45. The number of anilines is 2. The third-order valence-corrected chi connectivity index (χ3v) is 12.3. The minimum atomic E-state index is -4.16. The molecule has 0 saturated carbocycles. The Kier molecular flexibility index (Phi) is 17.2. The van der Waals surface area contributed by atoms with Crippen LogP contribution in [0.5, 0.6) is 5.75 Å². The number of aliphatic carboxylic acids is 3. The number of carbonyl (C=O) groups excluding carboxylic acids is 4. The Balaban J connectivity index is 0.00000528. The summed E-state index contributed by atoms with van der Waals surface area (Å²) in [6.07, 6.45) is -1.54. The number of fused-ring (bicyclic) bond motifs is 1. The van der Waals surface area contributed by atoms with Crippen molar-refractivity contribution in [3.63, 3.8) is 0 Å². The van der Waals surface area contributed by atoms with Crippen LogP contribution in [0.3, 0.4) is 0 Å². The van der Waals surface area contributed by atoms with E-state index < -0.39 is 99.2 Å². The first-order valence-corrected chi connectivity index (χ1v) is 21.3. The number of carboxylic acid groups (broad SMARTS) is 3. The van der Waals surface area contributed by atoms with Crippen molar-refractivity contribution in [3.8, 4) is 5.75 Å². The van der Waals surface area contributed by atoms with Crippen molar-refractivity contribution >= 4 is 84.5 Å². The molecule has 2 aromatic heterocycles. The number of thioether (sulfide) groups is 1. The zero-order chi connectivity index (χ0) is 44.3. The molecular formula is C35H38Fm2N5O18PS2. The SMILES string of the molecule is Nc1nc2c(c(=O)[nH]1)SC(CCc1ccc(C(=O)NC(CCC(=O)O)C(=O)O)s1)CN2C(=O)OCc1ccc(OP2(=O)OCCCO2)c(C(=O)OCOC(=O)CCC(=O)O)c1.[Fm].[Fm]. The van der Waals surface area contributed by atoms with Crippen molar-refractivity contribution in [3.05, 3.63) is 61.6 Å². The molecule has 63 heavy (non-hydrogen) atoms. The number of hydrogen-bond donors (Lipinski definition) is 6. The molecule has 0 radical (unpaired) electrons. The van der Waals surface area contributed by atoms with E-state index in [4.69, 9.17) is 43.7 Å². The Labute approximate surface area is 352 Å². The Bertz CT molecular complexity index is 2290. The maximum absolute atomic E-state index is 13.7. The van der Waals surface area contributed by atoms with Crippen LogP contribution >= 0.6 is 30.9 Å². The standard InChI is InChI=1S/C35H38N5O18PS2.2Fm/c36-34-38-29-28(31(47)39-34)61-20(4-3-19-5-8-24(60-19)30(46)37-22(32(48)49)6-9-25(41)42)15-40(29)35(51)53-16-18-2-7-23(58-59(52)56-12-1-13-57-59)21(14-18)33(50)55-17-54-27(45)11-10-26(43)44;;/h2,5,7-8,14,20,22H,1,3-4,6,9-13,15-17H2,(H,37,46)(H,41,42)(H,43,44)(H,48,49)(H3,36,38,39,47);;. The molecule has 5 rings (SSSR count). The van der Waals surface area contributed by atoms with Gasteiger partial charge in [0.25, 0.3) is 11.5 Å². The molecule has 0 bridgehead atoms. The fraction of sp³-hybridized carbons (Fsp3) is 0.400. The van der Waals surface area contributed by atoms with Gasteiger partial charge < -0.3 is 45.1 Å². The fourth-order valence-corrected chi connectivity index (χ4v) is 8.94. The van der Waals surface area contributed by atoms with Crippen LogP contribution in [0.1, 0.15) is 69.0 Å². The molecule has 7 N–H and O–H groups in total. The van der Waals surface area contributed by atoms with E-state index in [2.05, 4.69) is 15.3 Å². The van der Waals surface area contributed by atoms with Crippen molar-refractivity contribution in [1.29, 1.82) is 0 Å². The summed E-state index contributed by atoms with van der Waals surface area (Å²) in [5.74, 6) is -7.26. The number of nitrogen functional groups attached to an aromatic ring is 1. The predicted molar refractivity (Wildman–Crippen MR) is 209 cm³/mol. The number of aromatic amines is 1. The monoisotopic (exact) mass is 1430 g/mol. The maximum atomic E-state index is 13.7. The van der Waals surface area contributed by atoms with Gasteiger partial charge in [0.2, 0.25) is 12.7 Å². The number of thiophene rings is 1. The predicted octanol–water partition coefficient (Wildman–Crippen LogP) is 3.16. The molecule has 1 fully saturated rings. The molecule has 2 amide bonds. The molecule has 1 aromatic carbocycles. The van der Waals surface area contributed by atoms with Crippen LogP contribution in [0, 0.1) is 0 Å². The van der Waals surface area contributed by atoms with Gasteiger partial charge in [-0.05, 0) is 55.5 Å². The number of rotatable bonds is 19. The van der Waals surface area contributed by atoms with Crippen LogP contribution in [0.25, 0.3) is 0 Å². The molecular weight excluding hydrogens is 1390 g/mol. The van der Waals surface area contributed by atoms with Gasteiger partial charge >= 0.3 is 43.8 Å². The van der Waals surface area contributed by atoms with Crippen LogP contribution in [0.4, 0.5) is 16.6 Å². The topological polar surface area (TPSA) is 340 Å². The molecule has 2 unspecified atom stereocenters. The average molecular weight is 1430 g/mol. The van der Waals surface area contributed by atoms with Gasteiger partial charge in [0.15, 0.2) is 5.82 Å². The number of benzene rings is 1. The summed E-state index contributed by atoms with van der Waals surface area (Å²) in [5.41, 5.74) is 5.02. The molecule has 0 aliphatic carbocycles. The number of carbonyl (C=O) groups is 7. The largest absolute Gasteiger partial charge is 0.530 e. The number of hydrogen-bond acceptors (Lipinski definition) is 19. The van der Waals surface area contributed by atoms with Crippen LogP contribution < -0.4 is 26.0 Å². The van der Waals surface area contributed by atoms with Gasteiger partial charge in [-0.1, -0.05) is 6.07 Å². The molecule has 1 saturated heterocycles. The molecule has 3 aromatic rings. The number of H-pyrrole nitrogens is 1. The zero-order valence-corrected chi connectivity index (χ0v) is 39.6. The van der Waals surface area contributed by atoms with Crippen LogP contribution in [-0.4, -0.2) is 105 Å². The number of amides is 2. The molecule has 4 heterocycles. The van der Waals surface area contributed by atoms with Crippen molar-refractivity contribution in [1.82, 2.24) is 15.3 Å². The number of carboxylic acids is 3. The second-order valence-electron chi connectivity index (χ2n) is 13.0. The minimum absolute atomic E-state index is 0. The second kappa shape index (κ2) is 22.0. The van der Waals surface area contributed by atoms with Crippen LogP contribution in [0.2, 0.25) is 0 Å². The minimum Gasteiger partial charge on any atom is -0.481 e. The number of ether oxygens (including phenoxy) is 3. The number of aromatic nitrogens is 2.